The first-order valence-corrected chi connectivity index (χ1v) is 10.7. The third-order valence-corrected chi connectivity index (χ3v) is 5.90. The van der Waals surface area contributed by atoms with Crippen LogP contribution in [0.5, 0.6) is 5.75 Å². The van der Waals surface area contributed by atoms with Gasteiger partial charge in [-0.3, -0.25) is 19.5 Å². The lowest BCUT2D eigenvalue weighted by Crippen LogP contribution is -2.39. The highest BCUT2D eigenvalue weighted by Gasteiger charge is 2.46. The number of carbonyl (C=O) groups is 2. The van der Waals surface area contributed by atoms with E-state index in [9.17, 15) is 14.7 Å². The van der Waals surface area contributed by atoms with Crippen LogP contribution in [0.2, 0.25) is 0 Å². The van der Waals surface area contributed by atoms with Crippen LogP contribution in [-0.2, 0) is 14.3 Å². The Labute approximate surface area is 187 Å². The molecule has 1 aromatic carbocycles. The number of hydrogen-bond donors (Lipinski definition) is 1. The fraction of sp³-hybridized carbons (Fsp3) is 0.375. The highest BCUT2D eigenvalue weighted by atomic mass is 16.5. The second-order valence-corrected chi connectivity index (χ2v) is 7.78. The van der Waals surface area contributed by atoms with Crippen LogP contribution in [0.1, 0.15) is 23.6 Å². The predicted molar refractivity (Wildman–Crippen MR) is 118 cm³/mol. The molecular formula is C24H27N3O5. The fourth-order valence-electron chi connectivity index (χ4n) is 4.28. The van der Waals surface area contributed by atoms with Crippen LogP contribution < -0.4 is 4.74 Å². The van der Waals surface area contributed by atoms with Crippen molar-refractivity contribution < 1.29 is 24.2 Å². The summed E-state index contributed by atoms with van der Waals surface area (Å²) in [5, 5.41) is 11.0. The lowest BCUT2D eigenvalue weighted by Gasteiger charge is -2.29. The molecule has 8 nitrogen and oxygen atoms in total. The van der Waals surface area contributed by atoms with Gasteiger partial charge in [-0.05, 0) is 24.6 Å². The first-order chi connectivity index (χ1) is 15.6. The summed E-state index contributed by atoms with van der Waals surface area (Å²) in [6, 6.07) is 9.76. The third kappa shape index (κ3) is 4.37. The van der Waals surface area contributed by atoms with Crippen LogP contribution in [0, 0.1) is 0 Å². The molecule has 32 heavy (non-hydrogen) atoms. The van der Waals surface area contributed by atoms with E-state index in [1.165, 1.54) is 12.4 Å². The molecule has 0 spiro atoms. The Morgan fingerprint density at radius 1 is 1.12 bits per heavy atom. The molecule has 1 aromatic heterocycles. The van der Waals surface area contributed by atoms with Gasteiger partial charge in [0, 0.05) is 49.7 Å². The normalized spacial score (nSPS) is 21.2. The molecule has 2 aromatic rings. The first-order valence-electron chi connectivity index (χ1n) is 10.7. The molecule has 1 N–H and O–H groups in total. The van der Waals surface area contributed by atoms with Crippen LogP contribution in [0.3, 0.4) is 0 Å². The van der Waals surface area contributed by atoms with Crippen LogP contribution in [0.25, 0.3) is 5.76 Å². The van der Waals surface area contributed by atoms with Crippen LogP contribution in [-0.4, -0.2) is 78.1 Å². The molecule has 2 fully saturated rings. The Bertz CT molecular complexity index is 1000. The zero-order chi connectivity index (χ0) is 22.5. The molecule has 1 unspecified atom stereocenters. The van der Waals surface area contributed by atoms with Gasteiger partial charge >= 0.3 is 0 Å². The van der Waals surface area contributed by atoms with Crippen molar-refractivity contribution in [3.8, 4) is 5.75 Å². The summed E-state index contributed by atoms with van der Waals surface area (Å²) >= 11 is 0. The second-order valence-electron chi connectivity index (χ2n) is 7.78. The molecule has 2 aliphatic rings. The van der Waals surface area contributed by atoms with Gasteiger partial charge in [0.2, 0.25) is 0 Å². The number of aliphatic hydroxyl groups excluding tert-OH is 1. The van der Waals surface area contributed by atoms with Gasteiger partial charge in [0.05, 0.1) is 31.9 Å². The van der Waals surface area contributed by atoms with E-state index in [1.807, 2.05) is 18.2 Å². The number of rotatable bonds is 7. The van der Waals surface area contributed by atoms with Crippen molar-refractivity contribution in [3.63, 3.8) is 0 Å². The van der Waals surface area contributed by atoms with E-state index in [4.69, 9.17) is 9.47 Å². The van der Waals surface area contributed by atoms with Crippen molar-refractivity contribution in [2.24, 2.45) is 0 Å². The maximum atomic E-state index is 13.1. The summed E-state index contributed by atoms with van der Waals surface area (Å²) < 4.78 is 10.9. The Kier molecular flexibility index (Phi) is 6.82. The summed E-state index contributed by atoms with van der Waals surface area (Å²) in [4.78, 5) is 33.9. The topological polar surface area (TPSA) is 92.2 Å². The summed E-state index contributed by atoms with van der Waals surface area (Å²) in [5.41, 5.74) is 1.17. The number of aliphatic hydroxyl groups is 1. The Hall–Kier alpha value is -3.23. The van der Waals surface area contributed by atoms with E-state index in [0.717, 1.165) is 19.6 Å². The standard InChI is InChI=1S/C24H27N3O5/c1-31-19-6-3-2-5-18(19)21-20(22(28)17-7-9-25-10-8-17)23(29)24(30)27(21)12-4-11-26-13-15-32-16-14-26/h2-3,5-10,21,28H,4,11-16H2,1H3/b22-20+. The number of hydrogen-bond acceptors (Lipinski definition) is 7. The first kappa shape index (κ1) is 22.0. The summed E-state index contributed by atoms with van der Waals surface area (Å²) in [7, 11) is 1.55. The van der Waals surface area contributed by atoms with Crippen molar-refractivity contribution in [2.75, 3.05) is 46.5 Å². The summed E-state index contributed by atoms with van der Waals surface area (Å²) in [5.74, 6) is -0.962. The van der Waals surface area contributed by atoms with Gasteiger partial charge in [0.1, 0.15) is 11.5 Å². The number of benzene rings is 1. The largest absolute Gasteiger partial charge is 0.507 e. The number of nitrogens with zero attached hydrogens (tertiary/aromatic N) is 3. The van der Waals surface area contributed by atoms with Crippen molar-refractivity contribution in [3.05, 3.63) is 65.5 Å². The zero-order valence-electron chi connectivity index (χ0n) is 18.1. The van der Waals surface area contributed by atoms with Gasteiger partial charge in [-0.25, -0.2) is 0 Å². The number of pyridine rings is 1. The number of aromatic nitrogens is 1. The molecule has 3 heterocycles. The smallest absolute Gasteiger partial charge is 0.295 e. The molecule has 1 amide bonds. The zero-order valence-corrected chi connectivity index (χ0v) is 18.1. The maximum absolute atomic E-state index is 13.1. The number of Topliss-reactive ketones (excluding diaryl/α,β-unsaturated/α-hetero) is 1. The highest BCUT2D eigenvalue weighted by Crippen LogP contribution is 2.42. The maximum Gasteiger partial charge on any atom is 0.295 e. The minimum absolute atomic E-state index is 0.0667. The molecule has 8 heteroatoms. The van der Waals surface area contributed by atoms with Gasteiger partial charge in [-0.2, -0.15) is 0 Å². The predicted octanol–water partition coefficient (Wildman–Crippen LogP) is 2.23. The number of likely N-dealkylation sites (tertiary alicyclic amines) is 1. The number of carbonyl (C=O) groups excluding carboxylic acids is 2. The number of morpholine rings is 1. The molecule has 4 rings (SSSR count). The molecule has 0 bridgehead atoms. The number of ketones is 1. The molecule has 168 valence electrons. The van der Waals surface area contributed by atoms with Gasteiger partial charge in [-0.1, -0.05) is 18.2 Å². The Morgan fingerprint density at radius 3 is 2.56 bits per heavy atom. The van der Waals surface area contributed by atoms with Gasteiger partial charge < -0.3 is 19.5 Å². The van der Waals surface area contributed by atoms with E-state index in [-0.39, 0.29) is 11.3 Å². The second kappa shape index (κ2) is 9.93. The SMILES string of the molecule is COc1ccccc1C1/C(=C(\O)c2ccncc2)C(=O)C(=O)N1CCCN1CCOCC1. The molecule has 0 aliphatic carbocycles. The van der Waals surface area contributed by atoms with E-state index in [1.54, 1.807) is 30.2 Å². The monoisotopic (exact) mass is 437 g/mol. The van der Waals surface area contributed by atoms with Gasteiger partial charge in [0.15, 0.2) is 0 Å². The van der Waals surface area contributed by atoms with E-state index in [0.29, 0.717) is 43.1 Å². The van der Waals surface area contributed by atoms with E-state index in [2.05, 4.69) is 9.88 Å². The van der Waals surface area contributed by atoms with E-state index < -0.39 is 17.7 Å². The third-order valence-electron chi connectivity index (χ3n) is 5.90. The molecular weight excluding hydrogens is 410 g/mol. The number of amides is 1. The molecule has 0 radical (unpaired) electrons. The molecule has 2 saturated heterocycles. The highest BCUT2D eigenvalue weighted by molar-refractivity contribution is 6.46. The van der Waals surface area contributed by atoms with Crippen LogP contribution in [0.15, 0.2) is 54.4 Å². The minimum Gasteiger partial charge on any atom is -0.507 e. The van der Waals surface area contributed by atoms with Crippen molar-refractivity contribution in [1.82, 2.24) is 14.8 Å². The lowest BCUT2D eigenvalue weighted by molar-refractivity contribution is -0.140. The average molecular weight is 437 g/mol. The lowest BCUT2D eigenvalue weighted by atomic mass is 9.95. The van der Waals surface area contributed by atoms with E-state index >= 15 is 0 Å². The van der Waals surface area contributed by atoms with Gasteiger partial charge in [0.25, 0.3) is 11.7 Å². The van der Waals surface area contributed by atoms with Crippen LogP contribution in [0.4, 0.5) is 0 Å². The number of methoxy groups -OCH3 is 1. The Morgan fingerprint density at radius 2 is 1.84 bits per heavy atom. The molecule has 2 aliphatic heterocycles. The number of ether oxygens (including phenoxy) is 2. The van der Waals surface area contributed by atoms with Gasteiger partial charge in [-0.15, -0.1) is 0 Å². The van der Waals surface area contributed by atoms with Crippen molar-refractivity contribution >= 4 is 17.4 Å². The number of para-hydroxylation sites is 1. The summed E-state index contributed by atoms with van der Waals surface area (Å²) in [6.45, 7) is 4.32. The van der Waals surface area contributed by atoms with Crippen molar-refractivity contribution in [2.45, 2.75) is 12.5 Å². The summed E-state index contributed by atoms with van der Waals surface area (Å²) in [6.07, 6.45) is 3.77. The minimum atomic E-state index is -0.732. The molecule has 1 atom stereocenters. The molecule has 0 saturated carbocycles. The Balaban J connectivity index is 1.69. The fourth-order valence-corrected chi connectivity index (χ4v) is 4.28. The van der Waals surface area contributed by atoms with Crippen LogP contribution >= 0.6 is 0 Å². The van der Waals surface area contributed by atoms with Crippen molar-refractivity contribution in [1.29, 1.82) is 0 Å². The average Bonchev–Trinajstić information content (AvgIpc) is 3.09. The quantitative estimate of drug-likeness (QED) is 0.403.